The zero-order chi connectivity index (χ0) is 42.1. The van der Waals surface area contributed by atoms with Crippen LogP contribution in [-0.4, -0.2) is 45.4 Å². The predicted molar refractivity (Wildman–Crippen MR) is 237 cm³/mol. The van der Waals surface area contributed by atoms with Crippen molar-refractivity contribution in [2.24, 2.45) is 10.9 Å². The average molecular weight is 799 g/mol. The molecular formula is C46H54N8O5. The van der Waals surface area contributed by atoms with E-state index >= 15 is 0 Å². The molecule has 5 N–H and O–H groups in total. The molecular weight excluding hydrogens is 745 g/mol. The largest absolute Gasteiger partial charge is 0.326 e. The third kappa shape index (κ3) is 12.3. The first-order valence-corrected chi connectivity index (χ1v) is 19.0. The van der Waals surface area contributed by atoms with Crippen LogP contribution >= 0.6 is 0 Å². The van der Waals surface area contributed by atoms with Gasteiger partial charge in [0.25, 0.3) is 5.56 Å². The molecule has 0 aliphatic carbocycles. The number of hydrogen-bond acceptors (Lipinski definition) is 8. The van der Waals surface area contributed by atoms with Crippen molar-refractivity contribution in [3.8, 4) is 11.3 Å². The van der Waals surface area contributed by atoms with E-state index in [1.807, 2.05) is 134 Å². The number of hydrogen-bond donors (Lipinski definition) is 5. The van der Waals surface area contributed by atoms with E-state index in [2.05, 4.69) is 36.7 Å². The molecule has 5 aromatic rings. The summed E-state index contributed by atoms with van der Waals surface area (Å²) in [6.45, 7) is 15.3. The number of carbonyl (C=O) groups excluding carboxylic acids is 4. The molecule has 2 heterocycles. The number of aromatic nitrogens is 2. The van der Waals surface area contributed by atoms with Gasteiger partial charge in [-0.05, 0) is 112 Å². The summed E-state index contributed by atoms with van der Waals surface area (Å²) in [7, 11) is 0. The fourth-order valence-corrected chi connectivity index (χ4v) is 5.75. The molecule has 1 aliphatic rings. The van der Waals surface area contributed by atoms with E-state index in [9.17, 15) is 24.0 Å². The van der Waals surface area contributed by atoms with Gasteiger partial charge in [-0.25, -0.2) is 9.67 Å². The van der Waals surface area contributed by atoms with Crippen molar-refractivity contribution >= 4 is 52.3 Å². The molecule has 13 heteroatoms. The standard InChI is InChI=1S/C25H28N4O3.C20H22N4O2.CH4/c1-15(2)25(32)27-22-13-19(10-9-17(22)4)21-11-12-24(31)29(28-21)14-23(30)26-20-8-6-7-16(3)18(20)5;1-12-4-7-15(8-5-12)22-20-23-17(11-18(25)24-20)19(26)21-16-9-6-13(2)14(3)10-16;/h6-13,15H,14H2,1-5H3,(H,26,30)(H,27,32);4-10,17H,11H2,1-3H3,(H,21,26)(H2,22,23,24,25);1H4. The average Bonchev–Trinajstić information content (AvgIpc) is 3.17. The maximum absolute atomic E-state index is 12.6. The van der Waals surface area contributed by atoms with Crippen LogP contribution < -0.4 is 32.1 Å². The normalized spacial score (nSPS) is 13.1. The molecule has 1 unspecified atom stereocenters. The van der Waals surface area contributed by atoms with Crippen molar-refractivity contribution in [2.45, 2.75) is 81.8 Å². The summed E-state index contributed by atoms with van der Waals surface area (Å²) < 4.78 is 1.14. The number of amides is 4. The maximum atomic E-state index is 12.6. The van der Waals surface area contributed by atoms with Gasteiger partial charge in [-0.3, -0.25) is 29.3 Å². The highest BCUT2D eigenvalue weighted by atomic mass is 16.2. The molecule has 0 radical (unpaired) electrons. The van der Waals surface area contributed by atoms with Crippen molar-refractivity contribution in [1.29, 1.82) is 0 Å². The monoisotopic (exact) mass is 798 g/mol. The SMILES string of the molecule is C.Cc1ccc(-c2ccc(=O)n(CC(=O)Nc3cccc(C)c3C)n2)cc1NC(=O)C(C)C.Cc1ccc(NC2=NC(C(=O)Nc3ccc(C)c(C)c3)CC(=O)N2)cc1. The molecule has 59 heavy (non-hydrogen) atoms. The van der Waals surface area contributed by atoms with Crippen LogP contribution in [-0.2, 0) is 25.7 Å². The summed E-state index contributed by atoms with van der Waals surface area (Å²) in [5, 5.41) is 18.7. The van der Waals surface area contributed by atoms with Gasteiger partial charge >= 0.3 is 0 Å². The van der Waals surface area contributed by atoms with E-state index in [1.54, 1.807) is 6.07 Å². The lowest BCUT2D eigenvalue weighted by atomic mass is 10.1. The molecule has 13 nitrogen and oxygen atoms in total. The van der Waals surface area contributed by atoms with Gasteiger partial charge in [0, 0.05) is 40.3 Å². The minimum absolute atomic E-state index is 0. The fourth-order valence-electron chi connectivity index (χ4n) is 5.75. The molecule has 0 spiro atoms. The second-order valence-electron chi connectivity index (χ2n) is 14.7. The number of carbonyl (C=O) groups is 4. The highest BCUT2D eigenvalue weighted by molar-refractivity contribution is 6.10. The van der Waals surface area contributed by atoms with Gasteiger partial charge in [-0.1, -0.05) is 69.3 Å². The fraction of sp³-hybridized carbons (Fsp3) is 0.283. The van der Waals surface area contributed by atoms with Gasteiger partial charge in [0.15, 0.2) is 0 Å². The number of anilines is 4. The number of aryl methyl sites for hydroxylation is 5. The van der Waals surface area contributed by atoms with E-state index in [1.165, 1.54) is 6.07 Å². The van der Waals surface area contributed by atoms with E-state index in [4.69, 9.17) is 0 Å². The summed E-state index contributed by atoms with van der Waals surface area (Å²) >= 11 is 0. The van der Waals surface area contributed by atoms with Gasteiger partial charge in [0.05, 0.1) is 12.1 Å². The second-order valence-corrected chi connectivity index (χ2v) is 14.7. The van der Waals surface area contributed by atoms with Crippen molar-refractivity contribution in [3.05, 3.63) is 135 Å². The summed E-state index contributed by atoms with van der Waals surface area (Å²) in [5.41, 5.74) is 10.1. The summed E-state index contributed by atoms with van der Waals surface area (Å²) in [6.07, 6.45) is 0.0236. The lowest BCUT2D eigenvalue weighted by molar-refractivity contribution is -0.124. The van der Waals surface area contributed by atoms with Crippen LogP contribution in [0.2, 0.25) is 0 Å². The summed E-state index contributed by atoms with van der Waals surface area (Å²) in [6, 6.07) is 26.9. The molecule has 0 saturated carbocycles. The minimum Gasteiger partial charge on any atom is -0.326 e. The van der Waals surface area contributed by atoms with Crippen LogP contribution in [0.1, 0.15) is 61.1 Å². The van der Waals surface area contributed by atoms with Gasteiger partial charge in [-0.15, -0.1) is 0 Å². The Morgan fingerprint density at radius 1 is 0.746 bits per heavy atom. The highest BCUT2D eigenvalue weighted by Crippen LogP contribution is 2.24. The maximum Gasteiger partial charge on any atom is 0.267 e. The molecule has 308 valence electrons. The zero-order valence-electron chi connectivity index (χ0n) is 34.1. The van der Waals surface area contributed by atoms with Gasteiger partial charge in [-0.2, -0.15) is 5.10 Å². The first kappa shape index (κ1) is 44.8. The molecule has 0 bridgehead atoms. The van der Waals surface area contributed by atoms with Gasteiger partial charge in [0.2, 0.25) is 29.6 Å². The van der Waals surface area contributed by atoms with E-state index in [0.717, 1.165) is 49.3 Å². The number of benzene rings is 4. The molecule has 1 aliphatic heterocycles. The Morgan fingerprint density at radius 3 is 2.14 bits per heavy atom. The van der Waals surface area contributed by atoms with E-state index in [-0.39, 0.29) is 61.5 Å². The number of aliphatic imine (C=N–C) groups is 1. The Morgan fingerprint density at radius 2 is 1.44 bits per heavy atom. The summed E-state index contributed by atoms with van der Waals surface area (Å²) in [5.74, 6) is -0.814. The smallest absolute Gasteiger partial charge is 0.267 e. The Hall–Kier alpha value is -6.89. The highest BCUT2D eigenvalue weighted by Gasteiger charge is 2.27. The lowest BCUT2D eigenvalue weighted by Crippen LogP contribution is -2.45. The van der Waals surface area contributed by atoms with Crippen LogP contribution in [0.4, 0.5) is 22.7 Å². The van der Waals surface area contributed by atoms with E-state index in [0.29, 0.717) is 22.8 Å². The minimum atomic E-state index is -0.765. The first-order valence-electron chi connectivity index (χ1n) is 19.0. The molecule has 0 fully saturated rings. The molecule has 6 rings (SSSR count). The topological polar surface area (TPSA) is 176 Å². The number of rotatable bonds is 9. The lowest BCUT2D eigenvalue weighted by Gasteiger charge is -2.21. The number of nitrogens with zero attached hydrogens (tertiary/aromatic N) is 3. The Bertz CT molecular complexity index is 2440. The molecule has 4 aromatic carbocycles. The van der Waals surface area contributed by atoms with Crippen LogP contribution in [0.15, 0.2) is 101 Å². The van der Waals surface area contributed by atoms with Crippen LogP contribution in [0.3, 0.4) is 0 Å². The molecule has 4 amide bonds. The first-order chi connectivity index (χ1) is 27.6. The molecule has 1 aromatic heterocycles. The van der Waals surface area contributed by atoms with Crippen LogP contribution in [0.5, 0.6) is 0 Å². The van der Waals surface area contributed by atoms with Crippen LogP contribution in [0, 0.1) is 47.5 Å². The second kappa shape index (κ2) is 20.0. The van der Waals surface area contributed by atoms with Gasteiger partial charge in [0.1, 0.15) is 12.6 Å². The number of guanidine groups is 1. The third-order valence-corrected chi connectivity index (χ3v) is 9.67. The summed E-state index contributed by atoms with van der Waals surface area (Å²) in [4.78, 5) is 65.8. The number of nitrogens with one attached hydrogen (secondary N) is 5. The van der Waals surface area contributed by atoms with Crippen molar-refractivity contribution in [3.63, 3.8) is 0 Å². The van der Waals surface area contributed by atoms with Crippen molar-refractivity contribution in [1.82, 2.24) is 15.1 Å². The van der Waals surface area contributed by atoms with Crippen molar-refractivity contribution < 1.29 is 19.2 Å². The third-order valence-electron chi connectivity index (χ3n) is 9.67. The predicted octanol–water partition coefficient (Wildman–Crippen LogP) is 7.61. The van der Waals surface area contributed by atoms with E-state index < -0.39 is 6.04 Å². The van der Waals surface area contributed by atoms with Crippen LogP contribution in [0.25, 0.3) is 11.3 Å². The van der Waals surface area contributed by atoms with Crippen molar-refractivity contribution in [2.75, 3.05) is 21.3 Å². The Balaban J connectivity index is 0.000000261. The zero-order valence-corrected chi connectivity index (χ0v) is 34.1. The van der Waals surface area contributed by atoms with Gasteiger partial charge < -0.3 is 21.3 Å². The molecule has 0 saturated heterocycles. The molecule has 1 atom stereocenters. The Labute approximate surface area is 345 Å². The quantitative estimate of drug-likeness (QED) is 0.102. The Kier molecular flexibility index (Phi) is 15.2.